The standard InChI is InChI=1S/C21H36N4.C3H3F6NO4S2.CH4/c1-3-22-16-18-24(20-22)14-12-10-8-6-5-7-9-11-13-15-25-19-17-23(4-2)21-25;1-10(15(11,12)2(4,5)6)16(13,14)3(7,8)9;/h3-4,16-19H,1-2,5-15,20-21H2;1H3;1H4. The highest BCUT2D eigenvalue weighted by atomic mass is 32.3. The van der Waals surface area contributed by atoms with Crippen LogP contribution in [0.2, 0.25) is 0 Å². The molecule has 0 saturated heterocycles. The Morgan fingerprint density at radius 3 is 1.17 bits per heavy atom. The van der Waals surface area contributed by atoms with Gasteiger partial charge in [-0.15, -0.1) is 0 Å². The van der Waals surface area contributed by atoms with Crippen LogP contribution in [0.3, 0.4) is 0 Å². The van der Waals surface area contributed by atoms with E-state index in [1.54, 1.807) is 0 Å². The topological polar surface area (TPSA) is 84.5 Å². The summed E-state index contributed by atoms with van der Waals surface area (Å²) in [5.41, 5.74) is -12.3. The van der Waals surface area contributed by atoms with Gasteiger partial charge in [0.05, 0.1) is 13.3 Å². The Morgan fingerprint density at radius 2 is 0.929 bits per heavy atom. The maximum atomic E-state index is 11.7. The van der Waals surface area contributed by atoms with Gasteiger partial charge >= 0.3 is 31.1 Å². The van der Waals surface area contributed by atoms with E-state index < -0.39 is 34.8 Å². The van der Waals surface area contributed by atoms with Crippen molar-refractivity contribution in [2.45, 2.75) is 76.2 Å². The van der Waals surface area contributed by atoms with Crippen molar-refractivity contribution >= 4 is 20.0 Å². The van der Waals surface area contributed by atoms with Crippen LogP contribution in [0.25, 0.3) is 0 Å². The average molecular weight is 656 g/mol. The molecule has 0 aromatic heterocycles. The third-order valence-electron chi connectivity index (χ3n) is 6.25. The van der Waals surface area contributed by atoms with Gasteiger partial charge in [0.15, 0.2) is 0 Å². The first kappa shape index (κ1) is 39.6. The van der Waals surface area contributed by atoms with Gasteiger partial charge in [-0.2, -0.15) is 26.3 Å². The summed E-state index contributed by atoms with van der Waals surface area (Å²) in [4.78, 5) is 8.97. The van der Waals surface area contributed by atoms with Gasteiger partial charge in [-0.3, -0.25) is 0 Å². The lowest BCUT2D eigenvalue weighted by Crippen LogP contribution is -2.46. The molecule has 246 valence electrons. The average Bonchev–Trinajstić information content (AvgIpc) is 3.55. The van der Waals surface area contributed by atoms with Crippen LogP contribution < -0.4 is 0 Å². The maximum absolute atomic E-state index is 11.7. The Kier molecular flexibility index (Phi) is 16.6. The van der Waals surface area contributed by atoms with Gasteiger partial charge in [0.1, 0.15) is 0 Å². The summed E-state index contributed by atoms with van der Waals surface area (Å²) in [5.74, 6) is 0. The lowest BCUT2D eigenvalue weighted by atomic mass is 10.1. The predicted molar refractivity (Wildman–Crippen MR) is 151 cm³/mol. The second kappa shape index (κ2) is 17.7. The van der Waals surface area contributed by atoms with Crippen molar-refractivity contribution in [2.75, 3.05) is 33.5 Å². The van der Waals surface area contributed by atoms with Crippen LogP contribution in [0, 0.1) is 0 Å². The lowest BCUT2D eigenvalue weighted by Gasteiger charge is -2.19. The summed E-state index contributed by atoms with van der Waals surface area (Å²) in [6.07, 6.45) is 24.6. The van der Waals surface area contributed by atoms with Crippen molar-refractivity contribution in [3.8, 4) is 0 Å². The van der Waals surface area contributed by atoms with Gasteiger partial charge in [0.25, 0.3) is 0 Å². The summed E-state index contributed by atoms with van der Waals surface area (Å²) < 4.78 is 110. The molecule has 0 N–H and O–H groups in total. The maximum Gasteiger partial charge on any atom is 0.512 e. The summed E-state index contributed by atoms with van der Waals surface area (Å²) >= 11 is 0. The lowest BCUT2D eigenvalue weighted by molar-refractivity contribution is -0.0523. The minimum atomic E-state index is -6.59. The summed E-state index contributed by atoms with van der Waals surface area (Å²) in [7, 11) is -13.5. The first-order chi connectivity index (χ1) is 19.0. The zero-order chi connectivity index (χ0) is 31.3. The Morgan fingerprint density at radius 1 is 0.643 bits per heavy atom. The van der Waals surface area contributed by atoms with Gasteiger partial charge in [-0.1, -0.05) is 69.2 Å². The van der Waals surface area contributed by atoms with E-state index in [9.17, 15) is 43.2 Å². The van der Waals surface area contributed by atoms with Crippen LogP contribution in [0.1, 0.15) is 65.2 Å². The van der Waals surface area contributed by atoms with Crippen molar-refractivity contribution < 1.29 is 43.2 Å². The van der Waals surface area contributed by atoms with Crippen molar-refractivity contribution in [3.05, 3.63) is 50.4 Å². The van der Waals surface area contributed by atoms with Crippen LogP contribution in [0.5, 0.6) is 0 Å². The molecule has 0 aromatic carbocycles. The Bertz CT molecular complexity index is 1010. The van der Waals surface area contributed by atoms with Crippen LogP contribution in [-0.2, 0) is 20.0 Å². The molecule has 0 fully saturated rings. The smallest absolute Gasteiger partial charge is 0.358 e. The second-order valence-electron chi connectivity index (χ2n) is 9.36. The van der Waals surface area contributed by atoms with Gasteiger partial charge in [-0.05, 0) is 25.2 Å². The molecule has 17 heteroatoms. The molecular weight excluding hydrogens is 612 g/mol. The molecule has 9 nitrogen and oxygen atoms in total. The summed E-state index contributed by atoms with van der Waals surface area (Å²) in [6.45, 7) is 11.9. The van der Waals surface area contributed by atoms with E-state index in [0.717, 1.165) is 13.3 Å². The van der Waals surface area contributed by atoms with Gasteiger partial charge in [0.2, 0.25) is 0 Å². The highest BCUT2D eigenvalue weighted by molar-refractivity contribution is 8.04. The predicted octanol–water partition coefficient (Wildman–Crippen LogP) is 6.13. The number of sulfonamides is 2. The molecule has 0 unspecified atom stereocenters. The highest BCUT2D eigenvalue weighted by Crippen LogP contribution is 2.33. The third-order valence-corrected chi connectivity index (χ3v) is 9.95. The van der Waals surface area contributed by atoms with Crippen molar-refractivity contribution in [3.63, 3.8) is 0 Å². The van der Waals surface area contributed by atoms with Crippen LogP contribution in [0.15, 0.2) is 50.4 Å². The minimum Gasteiger partial charge on any atom is -0.358 e. The summed E-state index contributed by atoms with van der Waals surface area (Å²) in [5, 5.41) is 0. The van der Waals surface area contributed by atoms with E-state index in [1.807, 2.05) is 12.4 Å². The molecule has 0 saturated carbocycles. The fourth-order valence-corrected chi connectivity index (χ4v) is 5.91. The van der Waals surface area contributed by atoms with Crippen LogP contribution >= 0.6 is 0 Å². The molecule has 0 amide bonds. The van der Waals surface area contributed by atoms with E-state index >= 15 is 0 Å². The van der Waals surface area contributed by atoms with E-state index in [-0.39, 0.29) is 14.5 Å². The number of hydrogen-bond acceptors (Lipinski definition) is 8. The molecule has 0 aliphatic carbocycles. The van der Waals surface area contributed by atoms with Crippen molar-refractivity contribution in [1.82, 2.24) is 23.3 Å². The number of hydrogen-bond donors (Lipinski definition) is 0. The van der Waals surface area contributed by atoms with Gasteiger partial charge in [-0.25, -0.2) is 16.8 Å². The molecule has 2 heterocycles. The molecule has 2 rings (SSSR count). The Labute approximate surface area is 246 Å². The monoisotopic (exact) mass is 655 g/mol. The molecule has 2 aliphatic heterocycles. The number of unbranched alkanes of at least 4 members (excludes halogenated alkanes) is 8. The van der Waals surface area contributed by atoms with Crippen molar-refractivity contribution in [2.24, 2.45) is 0 Å². The fraction of sp³-hybridized carbons (Fsp3) is 0.680. The SMILES string of the molecule is C.C=CN1C=CN(CCCCCCCCCCCN2C=CN(C=C)C2)C1.CN(S(=O)(=O)C(F)(F)F)S(=O)(=O)C(F)(F)F. The number of halogens is 6. The number of nitrogens with zero attached hydrogens (tertiary/aromatic N) is 5. The number of rotatable bonds is 16. The molecule has 0 radical (unpaired) electrons. The zero-order valence-electron chi connectivity index (χ0n) is 23.0. The van der Waals surface area contributed by atoms with E-state index in [2.05, 4.69) is 57.6 Å². The molecule has 2 aliphatic rings. The molecular formula is C25H43F6N5O4S2. The van der Waals surface area contributed by atoms with Crippen LogP contribution in [0.4, 0.5) is 26.3 Å². The molecule has 42 heavy (non-hydrogen) atoms. The molecule has 0 spiro atoms. The largest absolute Gasteiger partial charge is 0.512 e. The van der Waals surface area contributed by atoms with Crippen molar-refractivity contribution in [1.29, 1.82) is 0 Å². The van der Waals surface area contributed by atoms with E-state index in [4.69, 9.17) is 0 Å². The van der Waals surface area contributed by atoms with Crippen LogP contribution in [-0.4, -0.2) is 84.6 Å². The van der Waals surface area contributed by atoms with Gasteiger partial charge in [0, 0.05) is 44.9 Å². The Hall–Kier alpha value is -2.40. The van der Waals surface area contributed by atoms with E-state index in [0.29, 0.717) is 0 Å². The van der Waals surface area contributed by atoms with E-state index in [1.165, 1.54) is 70.9 Å². The highest BCUT2D eigenvalue weighted by Gasteiger charge is 2.59. The molecule has 0 atom stereocenters. The number of alkyl halides is 6. The third kappa shape index (κ3) is 12.5. The second-order valence-corrected chi connectivity index (χ2v) is 13.5. The fourth-order valence-electron chi connectivity index (χ4n) is 3.78. The first-order valence-electron chi connectivity index (χ1n) is 13.0. The molecule has 0 bridgehead atoms. The first-order valence-corrected chi connectivity index (χ1v) is 15.8. The van der Waals surface area contributed by atoms with Gasteiger partial charge < -0.3 is 19.6 Å². The minimum absolute atomic E-state index is 0. The quantitative estimate of drug-likeness (QED) is 0.145. The molecule has 0 aromatic rings. The normalized spacial score (nSPS) is 15.6. The Balaban J connectivity index is 0.000000864. The summed E-state index contributed by atoms with van der Waals surface area (Å²) in [6, 6.07) is 0. The zero-order valence-corrected chi connectivity index (χ0v) is 24.7.